The topological polar surface area (TPSA) is 76.8 Å². The Labute approximate surface area is 91.2 Å². The fraction of sp³-hybridized carbons (Fsp3) is 0.111. The first-order chi connectivity index (χ1) is 7.24. The molecule has 0 bridgehead atoms. The van der Waals surface area contributed by atoms with E-state index in [0.717, 1.165) is 5.56 Å². The van der Waals surface area contributed by atoms with E-state index in [2.05, 4.69) is 15.2 Å². The van der Waals surface area contributed by atoms with Crippen LogP contribution >= 0.6 is 11.6 Å². The maximum absolute atomic E-state index is 5.75. The van der Waals surface area contributed by atoms with E-state index in [1.165, 1.54) is 0 Å². The molecule has 1 heterocycles. The highest BCUT2D eigenvalue weighted by Gasteiger charge is 2.01. The van der Waals surface area contributed by atoms with Gasteiger partial charge in [-0.3, -0.25) is 0 Å². The lowest BCUT2D eigenvalue weighted by Gasteiger charge is -2.01. The molecule has 3 N–H and O–H groups in total. The molecule has 0 saturated heterocycles. The molecule has 0 aliphatic carbocycles. The van der Waals surface area contributed by atoms with Crippen LogP contribution in [0.3, 0.4) is 0 Å². The van der Waals surface area contributed by atoms with E-state index in [-0.39, 0.29) is 12.0 Å². The van der Waals surface area contributed by atoms with Gasteiger partial charge in [0.1, 0.15) is 6.61 Å². The van der Waals surface area contributed by atoms with Crippen LogP contribution in [0.25, 0.3) is 0 Å². The Hall–Kier alpha value is -1.75. The SMILES string of the molecule is Nc1nc(OCc2ccc(Cl)cc2)n[nH]1. The van der Waals surface area contributed by atoms with Crippen molar-refractivity contribution >= 4 is 17.5 Å². The van der Waals surface area contributed by atoms with Crippen LogP contribution in [0.15, 0.2) is 24.3 Å². The summed E-state index contributed by atoms with van der Waals surface area (Å²) in [5.74, 6) is 0.237. The number of nitrogen functional groups attached to an aromatic ring is 1. The van der Waals surface area contributed by atoms with Gasteiger partial charge in [-0.1, -0.05) is 23.7 Å². The lowest BCUT2D eigenvalue weighted by Crippen LogP contribution is -1.96. The number of benzene rings is 1. The van der Waals surface area contributed by atoms with Crippen LogP contribution < -0.4 is 10.5 Å². The molecule has 0 unspecified atom stereocenters. The molecule has 0 aliphatic rings. The van der Waals surface area contributed by atoms with Gasteiger partial charge in [0.05, 0.1) is 0 Å². The second-order valence-corrected chi connectivity index (χ2v) is 3.35. The lowest BCUT2D eigenvalue weighted by atomic mass is 10.2. The van der Waals surface area contributed by atoms with Crippen molar-refractivity contribution in [2.24, 2.45) is 0 Å². The molecule has 0 spiro atoms. The third-order valence-electron chi connectivity index (χ3n) is 1.76. The molecule has 5 nitrogen and oxygen atoms in total. The van der Waals surface area contributed by atoms with Crippen molar-refractivity contribution in [3.63, 3.8) is 0 Å². The number of hydrogen-bond donors (Lipinski definition) is 2. The molecular formula is C9H9ClN4O. The zero-order valence-electron chi connectivity index (χ0n) is 7.77. The summed E-state index contributed by atoms with van der Waals surface area (Å²) in [7, 11) is 0. The van der Waals surface area contributed by atoms with Crippen LogP contribution in [0.2, 0.25) is 5.02 Å². The van der Waals surface area contributed by atoms with E-state index in [0.29, 0.717) is 11.6 Å². The summed E-state index contributed by atoms with van der Waals surface area (Å²) >= 11 is 5.75. The van der Waals surface area contributed by atoms with Crippen LogP contribution in [-0.4, -0.2) is 15.2 Å². The van der Waals surface area contributed by atoms with Gasteiger partial charge in [0.15, 0.2) is 0 Å². The summed E-state index contributed by atoms with van der Waals surface area (Å²) in [6.07, 6.45) is 0. The minimum atomic E-state index is 0.237. The number of aromatic nitrogens is 3. The van der Waals surface area contributed by atoms with Gasteiger partial charge < -0.3 is 10.5 Å². The number of rotatable bonds is 3. The normalized spacial score (nSPS) is 10.2. The average Bonchev–Trinajstić information content (AvgIpc) is 2.64. The number of aromatic amines is 1. The first kappa shape index (κ1) is 9.79. The van der Waals surface area contributed by atoms with Gasteiger partial charge >= 0.3 is 6.01 Å². The molecule has 0 saturated carbocycles. The highest BCUT2D eigenvalue weighted by atomic mass is 35.5. The molecular weight excluding hydrogens is 216 g/mol. The van der Waals surface area contributed by atoms with E-state index < -0.39 is 0 Å². The van der Waals surface area contributed by atoms with Crippen LogP contribution in [-0.2, 0) is 6.61 Å². The maximum Gasteiger partial charge on any atom is 0.337 e. The molecule has 0 atom stereocenters. The predicted molar refractivity (Wildman–Crippen MR) is 56.6 cm³/mol. The number of nitrogens with zero attached hydrogens (tertiary/aromatic N) is 2. The smallest absolute Gasteiger partial charge is 0.337 e. The Bertz CT molecular complexity index is 440. The predicted octanol–water partition coefficient (Wildman–Crippen LogP) is 1.62. The van der Waals surface area contributed by atoms with Crippen LogP contribution in [0.4, 0.5) is 5.95 Å². The molecule has 0 amide bonds. The minimum absolute atomic E-state index is 0.237. The molecule has 1 aromatic heterocycles. The average molecular weight is 225 g/mol. The van der Waals surface area contributed by atoms with Gasteiger partial charge in [-0.05, 0) is 17.7 Å². The lowest BCUT2D eigenvalue weighted by molar-refractivity contribution is 0.282. The van der Waals surface area contributed by atoms with E-state index in [1.54, 1.807) is 12.1 Å². The standard InChI is InChI=1S/C9H9ClN4O/c10-7-3-1-6(2-4-7)5-15-9-12-8(11)13-14-9/h1-4H,5H2,(H3,11,12,13,14). The first-order valence-electron chi connectivity index (χ1n) is 4.29. The van der Waals surface area contributed by atoms with Crippen molar-refractivity contribution < 1.29 is 4.74 Å². The Morgan fingerprint density at radius 1 is 1.33 bits per heavy atom. The van der Waals surface area contributed by atoms with Gasteiger partial charge in [-0.2, -0.15) is 4.98 Å². The highest BCUT2D eigenvalue weighted by molar-refractivity contribution is 6.30. The van der Waals surface area contributed by atoms with E-state index in [9.17, 15) is 0 Å². The fourth-order valence-corrected chi connectivity index (χ4v) is 1.18. The van der Waals surface area contributed by atoms with E-state index >= 15 is 0 Å². The van der Waals surface area contributed by atoms with Crippen molar-refractivity contribution in [2.45, 2.75) is 6.61 Å². The molecule has 2 aromatic rings. The Kier molecular flexibility index (Phi) is 2.73. The monoisotopic (exact) mass is 224 g/mol. The van der Waals surface area contributed by atoms with Gasteiger partial charge in [0.2, 0.25) is 5.95 Å². The molecule has 78 valence electrons. The number of hydrogen-bond acceptors (Lipinski definition) is 4. The molecule has 15 heavy (non-hydrogen) atoms. The van der Waals surface area contributed by atoms with E-state index in [4.69, 9.17) is 22.1 Å². The summed E-state index contributed by atoms with van der Waals surface area (Å²) in [4.78, 5) is 3.81. The summed E-state index contributed by atoms with van der Waals surface area (Å²) in [5.41, 5.74) is 6.33. The summed E-state index contributed by atoms with van der Waals surface area (Å²) in [6.45, 7) is 0.383. The number of ether oxygens (including phenoxy) is 1. The zero-order chi connectivity index (χ0) is 10.7. The number of nitrogens with one attached hydrogen (secondary N) is 1. The van der Waals surface area contributed by atoms with Gasteiger partial charge in [0.25, 0.3) is 0 Å². The van der Waals surface area contributed by atoms with Gasteiger partial charge in [-0.25, -0.2) is 5.10 Å². The maximum atomic E-state index is 5.75. The third kappa shape index (κ3) is 2.60. The Balaban J connectivity index is 1.96. The molecule has 0 radical (unpaired) electrons. The Morgan fingerprint density at radius 3 is 2.67 bits per heavy atom. The van der Waals surface area contributed by atoms with Crippen molar-refractivity contribution in [1.82, 2.24) is 15.2 Å². The second-order valence-electron chi connectivity index (χ2n) is 2.92. The van der Waals surface area contributed by atoms with Gasteiger partial charge in [-0.15, -0.1) is 5.10 Å². The van der Waals surface area contributed by atoms with Crippen LogP contribution in [0, 0.1) is 0 Å². The zero-order valence-corrected chi connectivity index (χ0v) is 8.53. The number of nitrogens with two attached hydrogens (primary N) is 1. The summed E-state index contributed by atoms with van der Waals surface area (Å²) in [5, 5.41) is 6.92. The van der Waals surface area contributed by atoms with Crippen molar-refractivity contribution in [2.75, 3.05) is 5.73 Å². The number of anilines is 1. The molecule has 0 fully saturated rings. The van der Waals surface area contributed by atoms with Crippen molar-refractivity contribution in [3.05, 3.63) is 34.9 Å². The van der Waals surface area contributed by atoms with Crippen molar-refractivity contribution in [1.29, 1.82) is 0 Å². The molecule has 1 aromatic carbocycles. The summed E-state index contributed by atoms with van der Waals surface area (Å²) < 4.78 is 5.28. The van der Waals surface area contributed by atoms with Crippen molar-refractivity contribution in [3.8, 4) is 6.01 Å². The van der Waals surface area contributed by atoms with Gasteiger partial charge in [0, 0.05) is 5.02 Å². The van der Waals surface area contributed by atoms with Crippen LogP contribution in [0.1, 0.15) is 5.56 Å². The fourth-order valence-electron chi connectivity index (χ4n) is 1.05. The van der Waals surface area contributed by atoms with Crippen LogP contribution in [0.5, 0.6) is 6.01 Å². The number of halogens is 1. The third-order valence-corrected chi connectivity index (χ3v) is 2.02. The molecule has 0 aliphatic heterocycles. The number of H-pyrrole nitrogens is 1. The molecule has 6 heteroatoms. The highest BCUT2D eigenvalue weighted by Crippen LogP contribution is 2.11. The second kappa shape index (κ2) is 4.18. The minimum Gasteiger partial charge on any atom is -0.457 e. The quantitative estimate of drug-likeness (QED) is 0.831. The first-order valence-corrected chi connectivity index (χ1v) is 4.67. The summed E-state index contributed by atoms with van der Waals surface area (Å²) in [6, 6.07) is 7.58. The molecule has 2 rings (SSSR count). The van der Waals surface area contributed by atoms with E-state index in [1.807, 2.05) is 12.1 Å². The largest absolute Gasteiger partial charge is 0.457 e. The Morgan fingerprint density at radius 2 is 2.07 bits per heavy atom.